The fourth-order valence-corrected chi connectivity index (χ4v) is 2.70. The summed E-state index contributed by atoms with van der Waals surface area (Å²) in [6.07, 6.45) is 0.972. The Balaban J connectivity index is 0.00000180. The van der Waals surface area contributed by atoms with Gasteiger partial charge in [0.1, 0.15) is 5.82 Å². The first-order valence-electron chi connectivity index (χ1n) is 6.30. The first kappa shape index (κ1) is 16.7. The summed E-state index contributed by atoms with van der Waals surface area (Å²) in [4.78, 5) is 2.30. The summed E-state index contributed by atoms with van der Waals surface area (Å²) in [6, 6.07) is 4.76. The third kappa shape index (κ3) is 4.06. The van der Waals surface area contributed by atoms with Gasteiger partial charge in [-0.25, -0.2) is 4.39 Å². The monoisotopic (exact) mass is 306 g/mol. The second-order valence-corrected chi connectivity index (χ2v) is 6.24. The zero-order chi connectivity index (χ0) is 13.3. The molecule has 0 amide bonds. The van der Waals surface area contributed by atoms with Crippen LogP contribution >= 0.6 is 24.0 Å². The van der Waals surface area contributed by atoms with Crippen LogP contribution in [0.25, 0.3) is 0 Å². The third-order valence-electron chi connectivity index (χ3n) is 3.79. The van der Waals surface area contributed by atoms with Gasteiger partial charge in [0.05, 0.1) is 0 Å². The van der Waals surface area contributed by atoms with Crippen LogP contribution in [0.4, 0.5) is 4.39 Å². The van der Waals surface area contributed by atoms with Crippen LogP contribution in [0.2, 0.25) is 5.02 Å². The summed E-state index contributed by atoms with van der Waals surface area (Å²) in [7, 11) is 0. The number of benzene rings is 1. The minimum absolute atomic E-state index is 0. The Kier molecular flexibility index (Phi) is 5.63. The van der Waals surface area contributed by atoms with E-state index in [4.69, 9.17) is 17.3 Å². The largest absolute Gasteiger partial charge is 0.327 e. The molecule has 19 heavy (non-hydrogen) atoms. The van der Waals surface area contributed by atoms with Gasteiger partial charge in [-0.05, 0) is 35.6 Å². The second kappa shape index (κ2) is 6.40. The number of hydrogen-bond donors (Lipinski definition) is 1. The average molecular weight is 307 g/mol. The summed E-state index contributed by atoms with van der Waals surface area (Å²) >= 11 is 6.10. The fourth-order valence-electron chi connectivity index (χ4n) is 2.53. The molecule has 0 saturated carbocycles. The molecule has 1 saturated heterocycles. The fraction of sp³-hybridized carbons (Fsp3) is 0.571. The summed E-state index contributed by atoms with van der Waals surface area (Å²) in [6.45, 7) is 6.90. The van der Waals surface area contributed by atoms with Gasteiger partial charge < -0.3 is 5.73 Å². The minimum atomic E-state index is -0.234. The van der Waals surface area contributed by atoms with Crippen molar-refractivity contribution in [1.82, 2.24) is 4.90 Å². The molecule has 1 aliphatic rings. The normalized spacial score (nSPS) is 22.9. The highest BCUT2D eigenvalue weighted by atomic mass is 35.5. The highest BCUT2D eigenvalue weighted by molar-refractivity contribution is 6.31. The van der Waals surface area contributed by atoms with E-state index >= 15 is 0 Å². The van der Waals surface area contributed by atoms with Gasteiger partial charge in [-0.2, -0.15) is 0 Å². The number of hydrogen-bond acceptors (Lipinski definition) is 2. The maximum Gasteiger partial charge on any atom is 0.123 e. The Morgan fingerprint density at radius 1 is 1.47 bits per heavy atom. The van der Waals surface area contributed by atoms with Crippen molar-refractivity contribution in [2.24, 2.45) is 11.1 Å². The molecule has 0 bridgehead atoms. The Labute approximate surface area is 125 Å². The van der Waals surface area contributed by atoms with Gasteiger partial charge in [0.2, 0.25) is 0 Å². The van der Waals surface area contributed by atoms with Gasteiger partial charge in [-0.1, -0.05) is 25.4 Å². The lowest BCUT2D eigenvalue weighted by Gasteiger charge is -2.42. The first-order chi connectivity index (χ1) is 8.38. The van der Waals surface area contributed by atoms with Gasteiger partial charge >= 0.3 is 0 Å². The van der Waals surface area contributed by atoms with E-state index in [1.807, 2.05) is 0 Å². The van der Waals surface area contributed by atoms with Crippen LogP contribution in [-0.4, -0.2) is 24.0 Å². The van der Waals surface area contributed by atoms with Crippen molar-refractivity contribution in [1.29, 1.82) is 0 Å². The molecule has 1 fully saturated rings. The SMILES string of the molecule is CC1(C)CN(Cc2cc(F)ccc2Cl)CCC1N.Cl. The van der Waals surface area contributed by atoms with Crippen molar-refractivity contribution >= 4 is 24.0 Å². The third-order valence-corrected chi connectivity index (χ3v) is 4.16. The second-order valence-electron chi connectivity index (χ2n) is 5.83. The molecule has 1 aromatic rings. The van der Waals surface area contributed by atoms with E-state index in [1.54, 1.807) is 6.07 Å². The molecule has 0 radical (unpaired) electrons. The van der Waals surface area contributed by atoms with E-state index < -0.39 is 0 Å². The molecule has 2 rings (SSSR count). The standard InChI is InChI=1S/C14H20ClFN2.ClH/c1-14(2)9-18(6-5-13(14)17)8-10-7-11(16)3-4-12(10)15;/h3-4,7,13H,5-6,8-9,17H2,1-2H3;1H. The molecule has 1 aliphatic heterocycles. The topological polar surface area (TPSA) is 29.3 Å². The van der Waals surface area contributed by atoms with Crippen LogP contribution in [-0.2, 0) is 6.54 Å². The summed E-state index contributed by atoms with van der Waals surface area (Å²) < 4.78 is 13.2. The Hall–Kier alpha value is -0.350. The molecule has 1 atom stereocenters. The number of rotatable bonds is 2. The number of likely N-dealkylation sites (tertiary alicyclic amines) is 1. The zero-order valence-electron chi connectivity index (χ0n) is 11.3. The minimum Gasteiger partial charge on any atom is -0.327 e. The molecule has 0 aliphatic carbocycles. The highest BCUT2D eigenvalue weighted by Crippen LogP contribution is 2.29. The Morgan fingerprint density at radius 2 is 2.16 bits per heavy atom. The molecular formula is C14H21Cl2FN2. The maximum atomic E-state index is 13.2. The van der Waals surface area contributed by atoms with Gasteiger partial charge in [0, 0.05) is 30.7 Å². The van der Waals surface area contributed by atoms with E-state index in [-0.39, 0.29) is 29.7 Å². The Bertz CT molecular complexity index is 437. The maximum absolute atomic E-state index is 13.2. The van der Waals surface area contributed by atoms with Crippen molar-refractivity contribution in [2.75, 3.05) is 13.1 Å². The first-order valence-corrected chi connectivity index (χ1v) is 6.68. The number of nitrogens with zero attached hydrogens (tertiary/aromatic N) is 1. The van der Waals surface area contributed by atoms with Crippen molar-refractivity contribution in [2.45, 2.75) is 32.9 Å². The molecule has 2 N–H and O–H groups in total. The predicted octanol–water partition coefficient (Wildman–Crippen LogP) is 3.46. The van der Waals surface area contributed by atoms with Gasteiger partial charge in [-0.3, -0.25) is 4.90 Å². The number of nitrogens with two attached hydrogens (primary N) is 1. The van der Waals surface area contributed by atoms with Gasteiger partial charge in [0.25, 0.3) is 0 Å². The van der Waals surface area contributed by atoms with E-state index in [0.717, 1.165) is 25.1 Å². The molecule has 108 valence electrons. The van der Waals surface area contributed by atoms with E-state index in [1.165, 1.54) is 12.1 Å². The van der Waals surface area contributed by atoms with Crippen LogP contribution in [0, 0.1) is 11.2 Å². The van der Waals surface area contributed by atoms with Crippen LogP contribution in [0.1, 0.15) is 25.8 Å². The Morgan fingerprint density at radius 3 is 2.79 bits per heavy atom. The number of piperidine rings is 1. The van der Waals surface area contributed by atoms with Crippen molar-refractivity contribution in [3.63, 3.8) is 0 Å². The molecule has 0 aromatic heterocycles. The lowest BCUT2D eigenvalue weighted by molar-refractivity contribution is 0.0898. The average Bonchev–Trinajstić information content (AvgIpc) is 2.28. The summed E-state index contributed by atoms with van der Waals surface area (Å²) in [5, 5.41) is 0.629. The number of halogens is 3. The molecule has 1 unspecified atom stereocenters. The molecule has 1 aromatic carbocycles. The molecule has 0 spiro atoms. The van der Waals surface area contributed by atoms with Crippen LogP contribution in [0.5, 0.6) is 0 Å². The summed E-state index contributed by atoms with van der Waals surface area (Å²) in [5.41, 5.74) is 7.05. The van der Waals surface area contributed by atoms with E-state index in [2.05, 4.69) is 18.7 Å². The van der Waals surface area contributed by atoms with Crippen LogP contribution in [0.3, 0.4) is 0 Å². The quantitative estimate of drug-likeness (QED) is 0.906. The van der Waals surface area contributed by atoms with Crippen molar-refractivity contribution in [3.05, 3.63) is 34.6 Å². The molecular weight excluding hydrogens is 286 g/mol. The molecule has 1 heterocycles. The lowest BCUT2D eigenvalue weighted by Crippen LogP contribution is -2.52. The molecule has 2 nitrogen and oxygen atoms in total. The van der Waals surface area contributed by atoms with Gasteiger partial charge in [-0.15, -0.1) is 12.4 Å². The predicted molar refractivity (Wildman–Crippen MR) is 80.3 cm³/mol. The lowest BCUT2D eigenvalue weighted by atomic mass is 9.79. The zero-order valence-corrected chi connectivity index (χ0v) is 12.9. The van der Waals surface area contributed by atoms with Crippen molar-refractivity contribution in [3.8, 4) is 0 Å². The highest BCUT2D eigenvalue weighted by Gasteiger charge is 2.33. The smallest absolute Gasteiger partial charge is 0.123 e. The van der Waals surface area contributed by atoms with E-state index in [9.17, 15) is 4.39 Å². The summed E-state index contributed by atoms with van der Waals surface area (Å²) in [5.74, 6) is -0.234. The van der Waals surface area contributed by atoms with E-state index in [0.29, 0.717) is 11.6 Å². The van der Waals surface area contributed by atoms with Crippen LogP contribution in [0.15, 0.2) is 18.2 Å². The molecule has 5 heteroatoms. The van der Waals surface area contributed by atoms with Gasteiger partial charge in [0.15, 0.2) is 0 Å². The van der Waals surface area contributed by atoms with Crippen molar-refractivity contribution < 1.29 is 4.39 Å². The van der Waals surface area contributed by atoms with Crippen LogP contribution < -0.4 is 5.73 Å².